The normalized spacial score (nSPS) is 22.3. The Morgan fingerprint density at radius 1 is 1.26 bits per heavy atom. The van der Waals surface area contributed by atoms with Crippen LogP contribution in [0, 0.1) is 0 Å². The number of ether oxygens (including phenoxy) is 1. The Bertz CT molecular complexity index is 739. The lowest BCUT2D eigenvalue weighted by molar-refractivity contribution is -0.140. The Kier molecular flexibility index (Phi) is 6.60. The van der Waals surface area contributed by atoms with Crippen molar-refractivity contribution < 1.29 is 9.53 Å². The second-order valence-corrected chi connectivity index (χ2v) is 8.74. The quantitative estimate of drug-likeness (QED) is 0.530. The second kappa shape index (κ2) is 8.75. The van der Waals surface area contributed by atoms with Crippen LogP contribution in [0.3, 0.4) is 0 Å². The largest absolute Gasteiger partial charge is 0.372 e. The molecule has 1 aromatic heterocycles. The molecule has 1 fully saturated rings. The first-order chi connectivity index (χ1) is 12.8. The van der Waals surface area contributed by atoms with Crippen LogP contribution >= 0.6 is 11.8 Å². The number of carbonyl (C=O) groups is 1. The third kappa shape index (κ3) is 4.92. The molecular formula is C19H30N4O3S. The van der Waals surface area contributed by atoms with E-state index in [-0.39, 0.29) is 23.8 Å². The smallest absolute Gasteiger partial charge is 0.348 e. The van der Waals surface area contributed by atoms with Crippen LogP contribution in [-0.4, -0.2) is 76.9 Å². The van der Waals surface area contributed by atoms with Crippen molar-refractivity contribution in [3.05, 3.63) is 21.7 Å². The molecule has 3 rings (SSSR count). The van der Waals surface area contributed by atoms with Crippen LogP contribution in [0.5, 0.6) is 0 Å². The fourth-order valence-electron chi connectivity index (χ4n) is 3.84. The van der Waals surface area contributed by atoms with Crippen molar-refractivity contribution in [1.29, 1.82) is 0 Å². The van der Waals surface area contributed by atoms with E-state index in [1.807, 2.05) is 37.4 Å². The maximum Gasteiger partial charge on any atom is 0.348 e. The van der Waals surface area contributed by atoms with Gasteiger partial charge in [0, 0.05) is 37.4 Å². The summed E-state index contributed by atoms with van der Waals surface area (Å²) in [6, 6.07) is 0. The van der Waals surface area contributed by atoms with Crippen molar-refractivity contribution in [1.82, 2.24) is 19.4 Å². The van der Waals surface area contributed by atoms with Crippen LogP contribution in [0.2, 0.25) is 0 Å². The van der Waals surface area contributed by atoms with E-state index in [0.29, 0.717) is 25.4 Å². The lowest BCUT2D eigenvalue weighted by atomic mass is 10.2. The summed E-state index contributed by atoms with van der Waals surface area (Å²) in [4.78, 5) is 33.4. The van der Waals surface area contributed by atoms with Gasteiger partial charge in [0.15, 0.2) is 0 Å². The van der Waals surface area contributed by atoms with E-state index in [2.05, 4.69) is 9.88 Å². The van der Waals surface area contributed by atoms with E-state index >= 15 is 0 Å². The molecule has 7 nitrogen and oxygen atoms in total. The molecule has 0 N–H and O–H groups in total. The first-order valence-corrected chi connectivity index (χ1v) is 10.7. The minimum atomic E-state index is -0.193. The zero-order chi connectivity index (χ0) is 19.6. The van der Waals surface area contributed by atoms with Crippen molar-refractivity contribution in [3.8, 4) is 0 Å². The molecule has 2 atom stereocenters. The van der Waals surface area contributed by atoms with Crippen molar-refractivity contribution in [2.45, 2.75) is 56.9 Å². The van der Waals surface area contributed by atoms with E-state index in [0.717, 1.165) is 42.1 Å². The van der Waals surface area contributed by atoms with Crippen molar-refractivity contribution in [2.75, 3.05) is 39.5 Å². The summed E-state index contributed by atoms with van der Waals surface area (Å²) in [5.74, 6) is 0.410. The van der Waals surface area contributed by atoms with E-state index in [9.17, 15) is 9.59 Å². The Morgan fingerprint density at radius 2 is 1.96 bits per heavy atom. The van der Waals surface area contributed by atoms with E-state index in [1.165, 1.54) is 11.8 Å². The Labute approximate surface area is 165 Å². The molecule has 1 amide bonds. The van der Waals surface area contributed by atoms with Gasteiger partial charge in [-0.2, -0.15) is 4.98 Å². The lowest BCUT2D eigenvalue weighted by Crippen LogP contribution is -2.48. The van der Waals surface area contributed by atoms with Gasteiger partial charge in [-0.1, -0.05) is 11.8 Å². The fraction of sp³-hybridized carbons (Fsp3) is 0.737. The highest BCUT2D eigenvalue weighted by Gasteiger charge is 2.27. The summed E-state index contributed by atoms with van der Waals surface area (Å²) < 4.78 is 7.52. The minimum Gasteiger partial charge on any atom is -0.372 e. The second-order valence-electron chi connectivity index (χ2n) is 7.78. The minimum absolute atomic E-state index is 0.0608. The van der Waals surface area contributed by atoms with Crippen LogP contribution in [-0.2, 0) is 28.9 Å². The number of hydrogen-bond donors (Lipinski definition) is 0. The van der Waals surface area contributed by atoms with Gasteiger partial charge in [0.1, 0.15) is 5.03 Å². The first-order valence-electron chi connectivity index (χ1n) is 9.68. The zero-order valence-electron chi connectivity index (χ0n) is 16.7. The van der Waals surface area contributed by atoms with Gasteiger partial charge in [0.05, 0.1) is 18.0 Å². The average molecular weight is 395 g/mol. The number of morpholine rings is 1. The van der Waals surface area contributed by atoms with Gasteiger partial charge < -0.3 is 14.5 Å². The molecule has 0 saturated carbocycles. The van der Waals surface area contributed by atoms with Crippen LogP contribution in [0.1, 0.15) is 31.5 Å². The van der Waals surface area contributed by atoms with Gasteiger partial charge >= 0.3 is 5.69 Å². The number of likely N-dealkylation sites (N-methyl/N-ethyl adjacent to an activating group) is 1. The molecule has 1 saturated heterocycles. The van der Waals surface area contributed by atoms with Gasteiger partial charge in [-0.25, -0.2) is 4.79 Å². The predicted octanol–water partition coefficient (Wildman–Crippen LogP) is 1.02. The molecular weight excluding hydrogens is 364 g/mol. The van der Waals surface area contributed by atoms with E-state index in [1.54, 1.807) is 0 Å². The van der Waals surface area contributed by atoms with Gasteiger partial charge in [-0.3, -0.25) is 9.36 Å². The maximum absolute atomic E-state index is 12.6. The summed E-state index contributed by atoms with van der Waals surface area (Å²) in [7, 11) is 4.00. The van der Waals surface area contributed by atoms with Crippen molar-refractivity contribution >= 4 is 17.7 Å². The highest BCUT2D eigenvalue weighted by Crippen LogP contribution is 2.29. The third-order valence-electron chi connectivity index (χ3n) is 5.08. The summed E-state index contributed by atoms with van der Waals surface area (Å²) in [5, 5.41) is 0.747. The van der Waals surface area contributed by atoms with Gasteiger partial charge in [-0.05, 0) is 47.2 Å². The van der Waals surface area contributed by atoms with Gasteiger partial charge in [-0.15, -0.1) is 0 Å². The summed E-state index contributed by atoms with van der Waals surface area (Å²) in [5.41, 5.74) is 2.08. The molecule has 2 unspecified atom stereocenters. The van der Waals surface area contributed by atoms with Crippen molar-refractivity contribution in [3.63, 3.8) is 0 Å². The molecule has 1 aliphatic heterocycles. The zero-order valence-corrected chi connectivity index (χ0v) is 17.5. The number of aromatic nitrogens is 2. The monoisotopic (exact) mass is 394 g/mol. The number of nitrogens with zero attached hydrogens (tertiary/aromatic N) is 4. The molecule has 0 bridgehead atoms. The standard InChI is InChI=1S/C19H30N4O3S/c1-13-10-22(11-14(2)26-13)17(24)12-27-18-15-6-5-7-16(15)23(19(25)20-18)9-8-21(3)4/h13-14H,5-12H2,1-4H3. The SMILES string of the molecule is CC1CN(C(=O)CSc2nc(=O)n(CCN(C)C)c3c2CCC3)CC(C)O1. The van der Waals surface area contributed by atoms with Crippen molar-refractivity contribution in [2.24, 2.45) is 0 Å². The Hall–Kier alpha value is -1.38. The molecule has 0 spiro atoms. The molecule has 27 heavy (non-hydrogen) atoms. The highest BCUT2D eigenvalue weighted by molar-refractivity contribution is 7.99. The number of amides is 1. The van der Waals surface area contributed by atoms with Gasteiger partial charge in [0.2, 0.25) is 5.91 Å². The summed E-state index contributed by atoms with van der Waals surface area (Å²) in [6.45, 7) is 6.71. The number of fused-ring (bicyclic) bond motifs is 1. The molecule has 2 heterocycles. The Morgan fingerprint density at radius 3 is 2.63 bits per heavy atom. The average Bonchev–Trinajstić information content (AvgIpc) is 3.07. The number of rotatable bonds is 6. The van der Waals surface area contributed by atoms with E-state index < -0.39 is 0 Å². The molecule has 8 heteroatoms. The van der Waals surface area contributed by atoms with Crippen LogP contribution < -0.4 is 5.69 Å². The maximum atomic E-state index is 12.6. The summed E-state index contributed by atoms with van der Waals surface area (Å²) >= 11 is 1.41. The lowest BCUT2D eigenvalue weighted by Gasteiger charge is -2.35. The molecule has 150 valence electrons. The number of hydrogen-bond acceptors (Lipinski definition) is 6. The Balaban J connectivity index is 1.70. The number of carbonyl (C=O) groups excluding carboxylic acids is 1. The summed E-state index contributed by atoms with van der Waals surface area (Å²) in [6.07, 6.45) is 3.02. The molecule has 0 radical (unpaired) electrons. The van der Waals surface area contributed by atoms with Crippen LogP contribution in [0.4, 0.5) is 0 Å². The van der Waals surface area contributed by atoms with Crippen LogP contribution in [0.25, 0.3) is 0 Å². The predicted molar refractivity (Wildman–Crippen MR) is 106 cm³/mol. The molecule has 2 aliphatic rings. The highest BCUT2D eigenvalue weighted by atomic mass is 32.2. The topological polar surface area (TPSA) is 67.7 Å². The third-order valence-corrected chi connectivity index (χ3v) is 6.08. The first kappa shape index (κ1) is 20.4. The van der Waals surface area contributed by atoms with Crippen LogP contribution in [0.15, 0.2) is 9.82 Å². The molecule has 1 aromatic rings. The molecule has 1 aliphatic carbocycles. The number of thioether (sulfide) groups is 1. The molecule has 0 aromatic carbocycles. The van der Waals surface area contributed by atoms with Gasteiger partial charge in [0.25, 0.3) is 0 Å². The van der Waals surface area contributed by atoms with E-state index in [4.69, 9.17) is 4.74 Å². The fourth-order valence-corrected chi connectivity index (χ4v) is 4.82.